The summed E-state index contributed by atoms with van der Waals surface area (Å²) in [6, 6.07) is 14.1. The molecule has 10 rings (SSSR count). The number of carboxylic acids is 1. The Balaban J connectivity index is 0.000000246. The number of rotatable bonds is 25. The minimum atomic E-state index is -1.21. The largest absolute Gasteiger partial charge is 1.00 e. The van der Waals surface area contributed by atoms with E-state index in [1.165, 1.54) is 39.5 Å². The Morgan fingerprint density at radius 1 is 0.400 bits per heavy atom. The number of likely N-dealkylation sites (tertiary alicyclic amines) is 5. The van der Waals surface area contributed by atoms with Crippen LogP contribution in [0.3, 0.4) is 0 Å². The number of piperidine rings is 5. The van der Waals surface area contributed by atoms with Crippen molar-refractivity contribution in [2.45, 2.75) is 101 Å². The van der Waals surface area contributed by atoms with Gasteiger partial charge in [-0.05, 0) is 197 Å². The number of aliphatic hydroxyl groups is 5. The van der Waals surface area contributed by atoms with Crippen LogP contribution in [0, 0.1) is 29.6 Å². The van der Waals surface area contributed by atoms with Crippen molar-refractivity contribution in [1.82, 2.24) is 24.5 Å². The van der Waals surface area contributed by atoms with Gasteiger partial charge in [0.1, 0.15) is 40.8 Å². The third kappa shape index (κ3) is 27.3. The minimum absolute atomic E-state index is 0. The number of hydrogen-bond acceptors (Lipinski definition) is 22. The number of ether oxygens (including phenoxy) is 5. The Morgan fingerprint density at radius 2 is 0.636 bits per heavy atom. The van der Waals surface area contributed by atoms with E-state index >= 15 is 0 Å². The predicted molar refractivity (Wildman–Crippen MR) is 430 cm³/mol. The van der Waals surface area contributed by atoms with Gasteiger partial charge in [-0.3, -0.25) is 29.3 Å². The quantitative estimate of drug-likeness (QED) is 0.0194. The average Bonchev–Trinajstić information content (AvgIpc) is 0.809. The van der Waals surface area contributed by atoms with Crippen LogP contribution in [-0.2, 0) is 19.1 Å². The second-order valence-electron chi connectivity index (χ2n) is 27.4. The van der Waals surface area contributed by atoms with Crippen LogP contribution in [0.1, 0.15) is 129 Å². The molecule has 0 aromatic heterocycles. The van der Waals surface area contributed by atoms with E-state index < -0.39 is 30.0 Å². The number of methoxy groups -OCH3 is 4. The van der Waals surface area contributed by atoms with Crippen LogP contribution in [0.5, 0.6) is 28.7 Å². The number of halogens is 10. The van der Waals surface area contributed by atoms with Crippen LogP contribution in [0.15, 0.2) is 60.7 Å². The van der Waals surface area contributed by atoms with Crippen molar-refractivity contribution in [2.24, 2.45) is 46.8 Å². The van der Waals surface area contributed by atoms with Crippen LogP contribution in [0.4, 0.5) is 0 Å². The molecule has 5 aromatic rings. The number of phenols is 1. The fourth-order valence-electron chi connectivity index (χ4n) is 14.3. The maximum atomic E-state index is 12.6. The summed E-state index contributed by atoms with van der Waals surface area (Å²) in [5, 5.41) is 71.7. The fourth-order valence-corrected chi connectivity index (χ4v) is 16.0. The monoisotopic (exact) mass is 1740 g/mol. The number of carbonyl (C=O) groups is 3. The SMILES string of the molecule is CCOC(=O)C(c1cc(Cl)c(Cl)cc1OC)N1CCC(CO)CC1.COc1cc(Cl)c(Cl)cc1C(C(=O)[O-])N1CCC(CO)CC1.COc1cc(Cl)c(Cl)cc1C(C(N)=O)N1CCC(CO)CC1.COc1cc(Cl)c(Cl)cc1C(CN)N1CCC(CO)CC1.NCC(c1cc(Cl)c(Cl)cc1O)N1CCC(CO)CC1.[Na+]. The van der Waals surface area contributed by atoms with Crippen molar-refractivity contribution in [2.75, 3.05) is 147 Å². The molecule has 0 spiro atoms. The Bertz CT molecular complexity index is 3600. The first-order valence-electron chi connectivity index (χ1n) is 36.2. The molecular weight excluding hydrogens is 1640 g/mol. The molecule has 0 saturated carbocycles. The summed E-state index contributed by atoms with van der Waals surface area (Å²) < 4.78 is 26.7. The molecular formula is C76H103Cl10N8NaO15. The summed E-state index contributed by atoms with van der Waals surface area (Å²) in [6.45, 7) is 11.3. The van der Waals surface area contributed by atoms with Gasteiger partial charge >= 0.3 is 35.5 Å². The number of aliphatic hydroxyl groups excluding tert-OH is 5. The third-order valence-corrected chi connectivity index (χ3v) is 24.3. The van der Waals surface area contributed by atoms with Gasteiger partial charge in [0.25, 0.3) is 0 Å². The number of phenolic OH excluding ortho intramolecular Hbond substituents is 1. The van der Waals surface area contributed by atoms with Crippen molar-refractivity contribution in [3.63, 3.8) is 0 Å². The number of amides is 1. The minimum Gasteiger partial charge on any atom is -0.548 e. The van der Waals surface area contributed by atoms with Gasteiger partial charge in [0.15, 0.2) is 0 Å². The van der Waals surface area contributed by atoms with Crippen LogP contribution in [-0.4, -0.2) is 220 Å². The van der Waals surface area contributed by atoms with Gasteiger partial charge < -0.3 is 81.4 Å². The van der Waals surface area contributed by atoms with E-state index in [1.54, 1.807) is 50.4 Å². The molecule has 1 amide bonds. The molecule has 5 saturated heterocycles. The summed E-state index contributed by atoms with van der Waals surface area (Å²) in [5.74, 6) is 1.73. The van der Waals surface area contributed by atoms with E-state index in [4.69, 9.17) is 157 Å². The summed E-state index contributed by atoms with van der Waals surface area (Å²) in [7, 11) is 6.12. The normalized spacial score (nSPS) is 18.2. The number of primary amides is 1. The molecule has 608 valence electrons. The zero-order chi connectivity index (χ0) is 80.3. The second kappa shape index (κ2) is 49.2. The van der Waals surface area contributed by atoms with Crippen molar-refractivity contribution in [3.8, 4) is 28.7 Å². The van der Waals surface area contributed by atoms with Gasteiger partial charge in [-0.25, -0.2) is 4.79 Å². The van der Waals surface area contributed by atoms with Crippen LogP contribution in [0.2, 0.25) is 50.2 Å². The molecule has 5 heterocycles. The smallest absolute Gasteiger partial charge is 0.548 e. The van der Waals surface area contributed by atoms with E-state index in [9.17, 15) is 50.1 Å². The molecule has 110 heavy (non-hydrogen) atoms. The number of carboxylic acid groups (broad SMARTS) is 1. The molecule has 5 aromatic carbocycles. The maximum absolute atomic E-state index is 12.6. The van der Waals surface area contributed by atoms with Gasteiger partial charge in [-0.15, -0.1) is 0 Å². The number of hydrogen-bond donors (Lipinski definition) is 9. The number of aromatic hydroxyl groups is 1. The molecule has 5 unspecified atom stereocenters. The topological polar surface area (TPSA) is 336 Å². The molecule has 34 heteroatoms. The third-order valence-electron chi connectivity index (χ3n) is 20.7. The van der Waals surface area contributed by atoms with Gasteiger partial charge in [0.05, 0.1) is 109 Å². The van der Waals surface area contributed by atoms with E-state index in [0.29, 0.717) is 161 Å². The van der Waals surface area contributed by atoms with Crippen molar-refractivity contribution >= 4 is 134 Å². The van der Waals surface area contributed by atoms with Crippen LogP contribution >= 0.6 is 116 Å². The maximum Gasteiger partial charge on any atom is 1.00 e. The number of nitrogens with zero attached hydrogens (tertiary/aromatic N) is 5. The van der Waals surface area contributed by atoms with E-state index in [-0.39, 0.29) is 109 Å². The first-order valence-corrected chi connectivity index (χ1v) is 40.0. The molecule has 0 radical (unpaired) electrons. The molecule has 0 aliphatic carbocycles. The zero-order valence-electron chi connectivity index (χ0n) is 63.0. The van der Waals surface area contributed by atoms with Gasteiger partial charge in [0, 0.05) is 104 Å². The van der Waals surface area contributed by atoms with Gasteiger partial charge in [-0.1, -0.05) is 116 Å². The summed E-state index contributed by atoms with van der Waals surface area (Å²) >= 11 is 60.4. The Morgan fingerprint density at radius 3 is 0.918 bits per heavy atom. The molecule has 5 aliphatic heterocycles. The summed E-state index contributed by atoms with van der Waals surface area (Å²) in [6.07, 6.45) is 8.63. The summed E-state index contributed by atoms with van der Waals surface area (Å²) in [4.78, 5) is 46.7. The second-order valence-corrected chi connectivity index (χ2v) is 31.4. The predicted octanol–water partition coefficient (Wildman–Crippen LogP) is 9.15. The van der Waals surface area contributed by atoms with E-state index in [2.05, 4.69) is 9.80 Å². The fraction of sp³-hybridized carbons (Fsp3) is 0.566. The molecule has 5 fully saturated rings. The van der Waals surface area contributed by atoms with E-state index in [0.717, 1.165) is 96.0 Å². The number of nitrogens with two attached hydrogens (primary N) is 3. The number of benzene rings is 5. The van der Waals surface area contributed by atoms with Crippen molar-refractivity contribution in [1.29, 1.82) is 0 Å². The Kier molecular flexibility index (Phi) is 43.6. The number of esters is 1. The van der Waals surface area contributed by atoms with Crippen molar-refractivity contribution in [3.05, 3.63) is 139 Å². The Labute approximate surface area is 717 Å². The zero-order valence-corrected chi connectivity index (χ0v) is 72.5. The van der Waals surface area contributed by atoms with Gasteiger partial charge in [0.2, 0.25) is 5.91 Å². The van der Waals surface area contributed by atoms with Crippen molar-refractivity contribution < 1.29 is 103 Å². The first-order chi connectivity index (χ1) is 52.1. The van der Waals surface area contributed by atoms with E-state index in [1.807, 2.05) is 20.8 Å². The molecule has 12 N–H and O–H groups in total. The first kappa shape index (κ1) is 97.5. The molecule has 5 atom stereocenters. The average molecular weight is 1750 g/mol. The Hall–Kier alpha value is -3.07. The summed E-state index contributed by atoms with van der Waals surface area (Å²) in [5.41, 5.74) is 20.9. The van der Waals surface area contributed by atoms with Crippen LogP contribution < -0.4 is 70.8 Å². The standard InChI is InChI=1S/C17H23Cl2NO4.C15H20Cl2N2O3.C15H22Cl2N2O2.C15H19Cl2NO4.C14H20Cl2N2O2.Na/c1-3-24-17(22)16(20-6-4-11(10-21)5-7-20)12-8-13(18)14(19)9-15(12)23-2;1-22-13-7-12(17)11(16)6-10(13)14(15(18)21)19-4-2-9(8-20)3-5-19;1-21-15-7-13(17)12(16)6-11(15)14(8-18)19-4-2-10(9-20)3-5-19;1-22-13-7-12(17)11(16)6-10(13)14(15(20)21)18-4-2-9(8-19)3-5-18;15-11-5-10(14(20)6-12(11)16)13(7-17)18-3-1-9(8-19)2-4-18;/h8-9,11,16,21H,3-7,10H2,1-2H3;6-7,9,14,20H,2-5,8H2,1H3,(H2,18,21);6-7,10,14,20H,2-5,8-9,18H2,1H3;6-7,9,14,19H,2-5,8H2,1H3,(H,20,21);5-6,9,13,19-20H,1-4,7-8,17H2;/q;;;;;+1/p-1. The van der Waals surface area contributed by atoms with Gasteiger partial charge in [-0.2, -0.15) is 0 Å². The number of carbonyl (C=O) groups excluding carboxylic acids is 3. The van der Waals surface area contributed by atoms with Crippen LogP contribution in [0.25, 0.3) is 0 Å². The molecule has 0 bridgehead atoms. The molecule has 23 nitrogen and oxygen atoms in total. The number of aliphatic carboxylic acids is 1. The molecule has 5 aliphatic rings.